The van der Waals surface area contributed by atoms with Crippen molar-refractivity contribution >= 4 is 0 Å². The molecular formula is C12H17N. The Labute approximate surface area is 79.1 Å². The van der Waals surface area contributed by atoms with Crippen LogP contribution in [0.3, 0.4) is 0 Å². The van der Waals surface area contributed by atoms with E-state index in [4.69, 9.17) is 5.73 Å². The second-order valence-corrected chi connectivity index (χ2v) is 6.34. The minimum atomic E-state index is 0.975. The summed E-state index contributed by atoms with van der Waals surface area (Å²) in [4.78, 5) is 0. The topological polar surface area (TPSA) is 26.0 Å². The van der Waals surface area contributed by atoms with Gasteiger partial charge in [-0.2, -0.15) is 0 Å². The Morgan fingerprint density at radius 1 is 0.769 bits per heavy atom. The Hall–Kier alpha value is -0.0400. The number of rotatable bonds is 1. The second-order valence-electron chi connectivity index (χ2n) is 6.34. The number of nitrogens with two attached hydrogens (primary N) is 1. The Morgan fingerprint density at radius 3 is 1.77 bits per heavy atom. The van der Waals surface area contributed by atoms with Gasteiger partial charge in [-0.25, -0.2) is 0 Å². The van der Waals surface area contributed by atoms with Crippen molar-refractivity contribution in [2.45, 2.75) is 12.8 Å². The molecule has 1 heteroatoms. The highest BCUT2D eigenvalue weighted by atomic mass is 14.9. The molecule has 70 valence electrons. The average Bonchev–Trinajstić information content (AvgIpc) is 2.78. The van der Waals surface area contributed by atoms with Crippen molar-refractivity contribution in [3.05, 3.63) is 0 Å². The molecule has 0 saturated heterocycles. The maximum absolute atomic E-state index is 5.97. The van der Waals surface area contributed by atoms with E-state index in [-0.39, 0.29) is 0 Å². The van der Waals surface area contributed by atoms with Crippen LogP contribution in [-0.2, 0) is 0 Å². The standard InChI is InChI=1S/C12H17N/c13-3-8-11-6-1-4-5-2-7(9(4)11)12(8)10(5)6/h4-12H,1-3,13H2/t4-,5+,6-,7-,8?,9+,10+,11+,12+/m0/s1. The van der Waals surface area contributed by atoms with E-state index >= 15 is 0 Å². The molecule has 6 bridgehead atoms. The fourth-order valence-corrected chi connectivity index (χ4v) is 7.13. The lowest BCUT2D eigenvalue weighted by Crippen LogP contribution is -2.30. The predicted octanol–water partition coefficient (Wildman–Crippen LogP) is 1.34. The Morgan fingerprint density at radius 2 is 1.31 bits per heavy atom. The van der Waals surface area contributed by atoms with Gasteiger partial charge in [0, 0.05) is 0 Å². The van der Waals surface area contributed by atoms with Gasteiger partial charge in [-0.05, 0) is 72.6 Å². The van der Waals surface area contributed by atoms with Crippen LogP contribution in [0.2, 0.25) is 0 Å². The smallest absolute Gasteiger partial charge is 0.00431 e. The fourth-order valence-electron chi connectivity index (χ4n) is 7.13. The van der Waals surface area contributed by atoms with E-state index in [1.807, 2.05) is 0 Å². The predicted molar refractivity (Wildman–Crippen MR) is 49.7 cm³/mol. The van der Waals surface area contributed by atoms with Gasteiger partial charge >= 0.3 is 0 Å². The molecule has 0 radical (unpaired) electrons. The summed E-state index contributed by atoms with van der Waals surface area (Å²) in [6.45, 7) is 1.01. The molecule has 13 heavy (non-hydrogen) atoms. The lowest BCUT2D eigenvalue weighted by atomic mass is 9.71. The largest absolute Gasteiger partial charge is 0.330 e. The van der Waals surface area contributed by atoms with Crippen molar-refractivity contribution in [2.75, 3.05) is 6.54 Å². The van der Waals surface area contributed by atoms with E-state index in [0.717, 1.165) is 36.1 Å². The van der Waals surface area contributed by atoms with Gasteiger partial charge < -0.3 is 5.73 Å². The molecule has 0 amide bonds. The van der Waals surface area contributed by atoms with E-state index in [1.165, 1.54) is 23.7 Å². The maximum Gasteiger partial charge on any atom is -0.00431 e. The highest BCUT2D eigenvalue weighted by Crippen LogP contribution is 2.84. The van der Waals surface area contributed by atoms with Crippen molar-refractivity contribution in [3.8, 4) is 0 Å². The normalized spacial score (nSPS) is 79.6. The minimum absolute atomic E-state index is 0.975. The van der Waals surface area contributed by atoms with Gasteiger partial charge in [-0.1, -0.05) is 0 Å². The van der Waals surface area contributed by atoms with Crippen molar-refractivity contribution in [3.63, 3.8) is 0 Å². The molecule has 0 heterocycles. The first kappa shape index (κ1) is 6.44. The second kappa shape index (κ2) is 1.60. The first-order valence-corrected chi connectivity index (χ1v) is 6.12. The van der Waals surface area contributed by atoms with E-state index in [1.54, 1.807) is 12.8 Å². The van der Waals surface area contributed by atoms with Crippen LogP contribution in [0.25, 0.3) is 0 Å². The minimum Gasteiger partial charge on any atom is -0.330 e. The molecular weight excluding hydrogens is 158 g/mol. The number of hydrogen-bond acceptors (Lipinski definition) is 1. The first-order valence-electron chi connectivity index (χ1n) is 6.12. The Bertz CT molecular complexity index is 271. The highest BCUT2D eigenvalue weighted by Gasteiger charge is 2.79. The van der Waals surface area contributed by atoms with Crippen LogP contribution in [0.15, 0.2) is 0 Å². The van der Waals surface area contributed by atoms with Crippen LogP contribution in [0, 0.1) is 53.3 Å². The van der Waals surface area contributed by atoms with E-state index < -0.39 is 0 Å². The highest BCUT2D eigenvalue weighted by molar-refractivity contribution is 5.27. The molecule has 1 unspecified atom stereocenters. The lowest BCUT2D eigenvalue weighted by Gasteiger charge is -2.33. The van der Waals surface area contributed by atoms with Crippen molar-refractivity contribution < 1.29 is 0 Å². The molecule has 9 atom stereocenters. The van der Waals surface area contributed by atoms with Gasteiger partial charge in [0.1, 0.15) is 0 Å². The summed E-state index contributed by atoms with van der Waals surface area (Å²) in [5.41, 5.74) is 5.97. The zero-order valence-electron chi connectivity index (χ0n) is 7.89. The summed E-state index contributed by atoms with van der Waals surface area (Å²) in [5, 5.41) is 0. The summed E-state index contributed by atoms with van der Waals surface area (Å²) >= 11 is 0. The molecule has 1 nitrogen and oxygen atoms in total. The van der Waals surface area contributed by atoms with Crippen molar-refractivity contribution in [1.29, 1.82) is 0 Å². The quantitative estimate of drug-likeness (QED) is 0.639. The summed E-state index contributed by atoms with van der Waals surface area (Å²) in [5.74, 6) is 10.3. The third kappa shape index (κ3) is 0.407. The van der Waals surface area contributed by atoms with Gasteiger partial charge in [-0.15, -0.1) is 0 Å². The molecule has 6 aliphatic carbocycles. The zero-order valence-corrected chi connectivity index (χ0v) is 7.89. The molecule has 0 aromatic rings. The van der Waals surface area contributed by atoms with Crippen LogP contribution in [0.1, 0.15) is 12.8 Å². The van der Waals surface area contributed by atoms with Crippen LogP contribution >= 0.6 is 0 Å². The molecule has 6 rings (SSSR count). The average molecular weight is 175 g/mol. The van der Waals surface area contributed by atoms with Gasteiger partial charge in [0.25, 0.3) is 0 Å². The van der Waals surface area contributed by atoms with Crippen molar-refractivity contribution in [2.24, 2.45) is 59.0 Å². The monoisotopic (exact) mass is 175 g/mol. The van der Waals surface area contributed by atoms with Crippen LogP contribution < -0.4 is 5.73 Å². The van der Waals surface area contributed by atoms with Gasteiger partial charge in [0.2, 0.25) is 0 Å². The molecule has 6 aliphatic rings. The summed E-state index contributed by atoms with van der Waals surface area (Å²) in [7, 11) is 0. The third-order valence-electron chi connectivity index (χ3n) is 6.75. The Kier molecular flexibility index (Phi) is 0.793. The van der Waals surface area contributed by atoms with Crippen molar-refractivity contribution in [1.82, 2.24) is 0 Å². The SMILES string of the molecule is NCC1[C@H]2[C@H]3C[C@@H]4[C@@H]5C[C@H]([C@H]1[C@@H]35)[C@@H]42. The lowest BCUT2D eigenvalue weighted by molar-refractivity contribution is 0.132. The maximum atomic E-state index is 5.97. The van der Waals surface area contributed by atoms with E-state index in [0.29, 0.717) is 0 Å². The van der Waals surface area contributed by atoms with Crippen LogP contribution in [-0.4, -0.2) is 6.54 Å². The summed E-state index contributed by atoms with van der Waals surface area (Å²) < 4.78 is 0. The van der Waals surface area contributed by atoms with Gasteiger partial charge in [0.15, 0.2) is 0 Å². The third-order valence-corrected chi connectivity index (χ3v) is 6.75. The molecule has 0 aliphatic heterocycles. The molecule has 6 saturated carbocycles. The van der Waals surface area contributed by atoms with Crippen LogP contribution in [0.4, 0.5) is 0 Å². The molecule has 2 N–H and O–H groups in total. The van der Waals surface area contributed by atoms with Gasteiger partial charge in [0.05, 0.1) is 0 Å². The Balaban J connectivity index is 1.79. The molecule has 6 fully saturated rings. The summed E-state index contributed by atoms with van der Waals surface area (Å²) in [6, 6.07) is 0. The van der Waals surface area contributed by atoms with Crippen LogP contribution in [0.5, 0.6) is 0 Å². The first-order chi connectivity index (χ1) is 6.42. The molecule has 0 aromatic heterocycles. The molecule has 0 aromatic carbocycles. The zero-order chi connectivity index (χ0) is 8.32. The fraction of sp³-hybridized carbons (Fsp3) is 1.00. The van der Waals surface area contributed by atoms with E-state index in [9.17, 15) is 0 Å². The molecule has 0 spiro atoms. The van der Waals surface area contributed by atoms with E-state index in [2.05, 4.69) is 0 Å². The van der Waals surface area contributed by atoms with Gasteiger partial charge in [-0.3, -0.25) is 0 Å². The number of hydrogen-bond donors (Lipinski definition) is 1. The summed E-state index contributed by atoms with van der Waals surface area (Å²) in [6.07, 6.45) is 3.24.